The van der Waals surface area contributed by atoms with Crippen LogP contribution in [0.15, 0.2) is 53.4 Å². The van der Waals surface area contributed by atoms with Crippen molar-refractivity contribution in [3.8, 4) is 11.5 Å². The first-order valence-corrected chi connectivity index (χ1v) is 11.0. The Morgan fingerprint density at radius 1 is 1.07 bits per heavy atom. The highest BCUT2D eigenvalue weighted by atomic mass is 32.2. The van der Waals surface area contributed by atoms with E-state index >= 15 is 0 Å². The van der Waals surface area contributed by atoms with Crippen molar-refractivity contribution in [3.63, 3.8) is 0 Å². The van der Waals surface area contributed by atoms with E-state index in [0.29, 0.717) is 30.9 Å². The molecule has 1 fully saturated rings. The van der Waals surface area contributed by atoms with E-state index in [1.165, 1.54) is 16.4 Å². The molecule has 0 aliphatic carbocycles. The minimum Gasteiger partial charge on any atom is -0.490 e. The summed E-state index contributed by atoms with van der Waals surface area (Å²) in [6.07, 6.45) is 1.55. The summed E-state index contributed by atoms with van der Waals surface area (Å²) in [5.74, 6) is -0.398. The van der Waals surface area contributed by atoms with Gasteiger partial charge in [-0.05, 0) is 55.7 Å². The number of para-hydroxylation sites is 2. The second kappa shape index (κ2) is 9.37. The van der Waals surface area contributed by atoms with Crippen LogP contribution < -0.4 is 9.47 Å². The van der Waals surface area contributed by atoms with Gasteiger partial charge in [0.05, 0.1) is 17.4 Å². The molecule has 0 N–H and O–H groups in total. The zero-order valence-corrected chi connectivity index (χ0v) is 17.0. The van der Waals surface area contributed by atoms with Crippen LogP contribution in [0.2, 0.25) is 0 Å². The molecule has 0 saturated carbocycles. The van der Waals surface area contributed by atoms with Crippen molar-refractivity contribution in [2.75, 3.05) is 19.7 Å². The Morgan fingerprint density at radius 3 is 2.31 bits per heavy atom. The molecule has 2 aromatic carbocycles. The molecule has 8 heteroatoms. The largest absolute Gasteiger partial charge is 0.490 e. The topological polar surface area (TPSA) is 72.9 Å². The number of benzene rings is 2. The first-order chi connectivity index (χ1) is 13.9. The number of nitrogens with zero attached hydrogens (tertiary/aromatic N) is 1. The number of ether oxygens (including phenoxy) is 2. The van der Waals surface area contributed by atoms with E-state index in [0.717, 1.165) is 18.6 Å². The minimum absolute atomic E-state index is 0.0435. The third-order valence-corrected chi connectivity index (χ3v) is 6.67. The predicted octanol–water partition coefficient (Wildman–Crippen LogP) is 3.62. The van der Waals surface area contributed by atoms with E-state index in [1.54, 1.807) is 24.3 Å². The second-order valence-corrected chi connectivity index (χ2v) is 8.79. The van der Waals surface area contributed by atoms with E-state index < -0.39 is 27.7 Å². The van der Waals surface area contributed by atoms with Crippen LogP contribution in [0.1, 0.15) is 26.2 Å². The monoisotopic (exact) mass is 421 g/mol. The van der Waals surface area contributed by atoms with Crippen LogP contribution in [-0.2, 0) is 14.8 Å². The minimum atomic E-state index is -3.71. The average Bonchev–Trinajstić information content (AvgIpc) is 2.73. The van der Waals surface area contributed by atoms with Crippen LogP contribution in [0.4, 0.5) is 4.39 Å². The van der Waals surface area contributed by atoms with E-state index in [2.05, 4.69) is 0 Å². The van der Waals surface area contributed by atoms with Gasteiger partial charge in [0.2, 0.25) is 10.0 Å². The van der Waals surface area contributed by atoms with Crippen molar-refractivity contribution in [2.24, 2.45) is 5.92 Å². The molecule has 0 bridgehead atoms. The normalized spacial score (nSPS) is 15.8. The number of sulfonamides is 1. The third kappa shape index (κ3) is 5.13. The molecular formula is C21H24FNO5S. The van der Waals surface area contributed by atoms with Crippen LogP contribution in [-0.4, -0.2) is 38.4 Å². The van der Waals surface area contributed by atoms with Gasteiger partial charge < -0.3 is 9.47 Å². The molecular weight excluding hydrogens is 397 g/mol. The van der Waals surface area contributed by atoms with Crippen LogP contribution >= 0.6 is 0 Å². The molecule has 1 aliphatic heterocycles. The van der Waals surface area contributed by atoms with Gasteiger partial charge in [0.25, 0.3) is 0 Å². The Kier molecular flexibility index (Phi) is 6.87. The van der Waals surface area contributed by atoms with Gasteiger partial charge >= 0.3 is 5.97 Å². The zero-order chi connectivity index (χ0) is 20.9. The molecule has 0 amide bonds. The Morgan fingerprint density at radius 2 is 1.69 bits per heavy atom. The maximum absolute atomic E-state index is 13.1. The van der Waals surface area contributed by atoms with Crippen molar-refractivity contribution < 1.29 is 27.1 Å². The van der Waals surface area contributed by atoms with Crippen LogP contribution in [0, 0.1) is 11.7 Å². The smallest absolute Gasteiger partial charge is 0.314 e. The molecule has 3 rings (SSSR count). The van der Waals surface area contributed by atoms with Gasteiger partial charge in [-0.15, -0.1) is 0 Å². The first-order valence-electron chi connectivity index (χ1n) is 9.61. The number of rotatable bonds is 7. The van der Waals surface area contributed by atoms with E-state index in [-0.39, 0.29) is 18.0 Å². The molecule has 0 radical (unpaired) electrons. The van der Waals surface area contributed by atoms with Gasteiger partial charge in [-0.1, -0.05) is 19.1 Å². The van der Waals surface area contributed by atoms with Crippen molar-refractivity contribution >= 4 is 16.0 Å². The van der Waals surface area contributed by atoms with Gasteiger partial charge in [-0.25, -0.2) is 12.8 Å². The summed E-state index contributed by atoms with van der Waals surface area (Å²) < 4.78 is 50.9. The first kappa shape index (κ1) is 21.3. The summed E-state index contributed by atoms with van der Waals surface area (Å²) in [7, 11) is -3.71. The molecule has 156 valence electrons. The second-order valence-electron chi connectivity index (χ2n) is 6.85. The summed E-state index contributed by atoms with van der Waals surface area (Å²) in [4.78, 5) is 12.6. The molecule has 0 spiro atoms. The SMILES string of the molecule is CCCOc1ccccc1OC(=O)C1CCN(S(=O)(=O)c2ccc(F)cc2)CC1. The van der Waals surface area contributed by atoms with Crippen LogP contribution in [0.5, 0.6) is 11.5 Å². The molecule has 1 heterocycles. The highest BCUT2D eigenvalue weighted by Gasteiger charge is 2.33. The average molecular weight is 421 g/mol. The Balaban J connectivity index is 1.61. The quantitative estimate of drug-likeness (QED) is 0.504. The van der Waals surface area contributed by atoms with Gasteiger partial charge in [-0.2, -0.15) is 4.31 Å². The zero-order valence-electron chi connectivity index (χ0n) is 16.2. The molecule has 1 saturated heterocycles. The number of halogens is 1. The fourth-order valence-corrected chi connectivity index (χ4v) is 4.61. The summed E-state index contributed by atoms with van der Waals surface area (Å²) in [5, 5.41) is 0. The lowest BCUT2D eigenvalue weighted by Crippen LogP contribution is -2.41. The fourth-order valence-electron chi connectivity index (χ4n) is 3.14. The van der Waals surface area contributed by atoms with E-state index in [1.807, 2.05) is 6.92 Å². The maximum atomic E-state index is 13.1. The van der Waals surface area contributed by atoms with E-state index in [4.69, 9.17) is 9.47 Å². The van der Waals surface area contributed by atoms with Crippen LogP contribution in [0.3, 0.4) is 0 Å². The Hall–Kier alpha value is -2.45. The summed E-state index contributed by atoms with van der Waals surface area (Å²) in [5.41, 5.74) is 0. The van der Waals surface area contributed by atoms with Crippen molar-refractivity contribution in [1.29, 1.82) is 0 Å². The fraction of sp³-hybridized carbons (Fsp3) is 0.381. The van der Waals surface area contributed by atoms with Gasteiger partial charge in [-0.3, -0.25) is 4.79 Å². The molecule has 6 nitrogen and oxygen atoms in total. The highest BCUT2D eigenvalue weighted by molar-refractivity contribution is 7.89. The number of hydrogen-bond acceptors (Lipinski definition) is 5. The number of esters is 1. The summed E-state index contributed by atoms with van der Waals surface area (Å²) in [6, 6.07) is 11.7. The van der Waals surface area contributed by atoms with Crippen molar-refractivity contribution in [3.05, 3.63) is 54.3 Å². The molecule has 0 atom stereocenters. The lowest BCUT2D eigenvalue weighted by Gasteiger charge is -2.30. The molecule has 29 heavy (non-hydrogen) atoms. The van der Waals surface area contributed by atoms with Gasteiger partial charge in [0.1, 0.15) is 5.82 Å². The van der Waals surface area contributed by atoms with Gasteiger partial charge in [0, 0.05) is 13.1 Å². The van der Waals surface area contributed by atoms with Gasteiger partial charge in [0.15, 0.2) is 11.5 Å². The standard InChI is InChI=1S/C21H24FNO5S/c1-2-15-27-19-5-3-4-6-20(19)28-21(24)16-11-13-23(14-12-16)29(25,26)18-9-7-17(22)8-10-18/h3-10,16H,2,11-15H2,1H3. The predicted molar refractivity (Wildman–Crippen MR) is 106 cm³/mol. The third-order valence-electron chi connectivity index (χ3n) is 4.76. The molecule has 1 aliphatic rings. The Bertz CT molecular complexity index is 938. The number of piperidine rings is 1. The number of hydrogen-bond donors (Lipinski definition) is 0. The summed E-state index contributed by atoms with van der Waals surface area (Å²) in [6.45, 7) is 2.91. The van der Waals surface area contributed by atoms with Crippen molar-refractivity contribution in [2.45, 2.75) is 31.1 Å². The van der Waals surface area contributed by atoms with Crippen molar-refractivity contribution in [1.82, 2.24) is 4.31 Å². The molecule has 0 aromatic heterocycles. The van der Waals surface area contributed by atoms with E-state index in [9.17, 15) is 17.6 Å². The molecule has 0 unspecified atom stereocenters. The number of carbonyl (C=O) groups is 1. The molecule has 2 aromatic rings. The lowest BCUT2D eigenvalue weighted by molar-refractivity contribution is -0.140. The maximum Gasteiger partial charge on any atom is 0.314 e. The Labute approximate surface area is 170 Å². The highest BCUT2D eigenvalue weighted by Crippen LogP contribution is 2.30. The lowest BCUT2D eigenvalue weighted by atomic mass is 9.98. The van der Waals surface area contributed by atoms with Crippen LogP contribution in [0.25, 0.3) is 0 Å². The number of carbonyl (C=O) groups excluding carboxylic acids is 1. The summed E-state index contributed by atoms with van der Waals surface area (Å²) >= 11 is 0.